The number of hydrogen-bond donors (Lipinski definition) is 0. The molecular weight excluding hydrogens is 436 g/mol. The van der Waals surface area contributed by atoms with E-state index in [1.165, 1.54) is 22.3 Å². The monoisotopic (exact) mass is 458 g/mol. The van der Waals surface area contributed by atoms with Crippen LogP contribution in [0.5, 0.6) is 0 Å². The molecule has 0 radical (unpaired) electrons. The normalized spacial score (nSPS) is 15.9. The molecule has 1 aliphatic rings. The molecule has 24 heavy (non-hydrogen) atoms. The van der Waals surface area contributed by atoms with Gasteiger partial charge in [-0.25, -0.2) is 0 Å². The predicted molar refractivity (Wildman–Crippen MR) is 92.7 cm³/mol. The molecule has 130 valence electrons. The molecule has 0 aromatic heterocycles. The second-order valence-electron chi connectivity index (χ2n) is 5.94. The summed E-state index contributed by atoms with van der Waals surface area (Å²) in [7, 11) is 0. The van der Waals surface area contributed by atoms with Gasteiger partial charge < -0.3 is 35.3 Å². The van der Waals surface area contributed by atoms with Crippen LogP contribution in [0.3, 0.4) is 0 Å². The van der Waals surface area contributed by atoms with E-state index in [2.05, 4.69) is 40.8 Å². The second-order valence-corrected chi connectivity index (χ2v) is 15.3. The standard InChI is InChI=1S/C16H19NO.C2H6Si.2ClH.Zr/c1-9-10(2)12(4)15(11(9)3)13-7-5-6-8-14(13)16(17)18;1-3-2;;;/h5-8,11H,1-4H3,(H2,17,18);1-2H3;2*1H;/q;;;;+2/p-3. The Morgan fingerprint density at radius 1 is 1.08 bits per heavy atom. The summed E-state index contributed by atoms with van der Waals surface area (Å²) in [5, 5.41) is 0. The molecule has 0 heterocycles. The zero-order valence-electron chi connectivity index (χ0n) is 15.1. The van der Waals surface area contributed by atoms with Gasteiger partial charge in [0, 0.05) is 11.5 Å². The van der Waals surface area contributed by atoms with Crippen molar-refractivity contribution in [1.82, 2.24) is 0 Å². The Kier molecular flexibility index (Phi) is 12.5. The van der Waals surface area contributed by atoms with Crippen LogP contribution in [0.4, 0.5) is 0 Å². The second kappa shape index (κ2) is 11.5. The zero-order chi connectivity index (χ0) is 17.0. The molecule has 0 saturated heterocycles. The minimum Gasteiger partial charge on any atom is -1.00 e. The van der Waals surface area contributed by atoms with Gasteiger partial charge in [-0.1, -0.05) is 36.8 Å². The van der Waals surface area contributed by atoms with E-state index in [0.29, 0.717) is 11.5 Å². The summed E-state index contributed by atoms with van der Waals surface area (Å²) < 4.78 is 0. The average molecular weight is 461 g/mol. The fourth-order valence-corrected chi connectivity index (χ4v) is 2.72. The fourth-order valence-electron chi connectivity index (χ4n) is 2.72. The van der Waals surface area contributed by atoms with Gasteiger partial charge >= 0.3 is 41.9 Å². The molecule has 0 aliphatic heterocycles. The van der Waals surface area contributed by atoms with Crippen LogP contribution in [0, 0.1) is 5.92 Å². The maximum Gasteiger partial charge on any atom is -1.00 e. The van der Waals surface area contributed by atoms with Crippen molar-refractivity contribution in [2.24, 2.45) is 5.92 Å². The quantitative estimate of drug-likeness (QED) is 0.545. The van der Waals surface area contributed by atoms with Gasteiger partial charge in [0.05, 0.1) is 5.91 Å². The third kappa shape index (κ3) is 6.29. The van der Waals surface area contributed by atoms with E-state index in [9.17, 15) is 4.79 Å². The molecule has 0 fully saturated rings. The van der Waals surface area contributed by atoms with Crippen molar-refractivity contribution in [3.05, 3.63) is 57.8 Å². The Morgan fingerprint density at radius 2 is 1.54 bits per heavy atom. The molecule has 1 aromatic carbocycles. The third-order valence-corrected chi connectivity index (χ3v) is 4.10. The predicted octanol–water partition coefficient (Wildman–Crippen LogP) is -0.569. The number of nitrogens with one attached hydrogen (secondary N) is 1. The third-order valence-electron chi connectivity index (χ3n) is 4.10. The molecule has 1 amide bonds. The first-order valence-electron chi connectivity index (χ1n) is 7.44. The summed E-state index contributed by atoms with van der Waals surface area (Å²) >= 11 is 1.74. The summed E-state index contributed by atoms with van der Waals surface area (Å²) in [6, 6.07) is 7.43. The van der Waals surface area contributed by atoms with Gasteiger partial charge in [-0.3, -0.25) is 0 Å². The van der Waals surface area contributed by atoms with E-state index >= 15 is 0 Å². The molecule has 1 aromatic rings. The number of amides is 1. The summed E-state index contributed by atoms with van der Waals surface area (Å²) in [4.78, 5) is 11.4. The van der Waals surface area contributed by atoms with Crippen LogP contribution >= 0.6 is 0 Å². The molecule has 1 N–H and O–H groups in total. The Hall–Kier alpha value is -0.150. The van der Waals surface area contributed by atoms with Gasteiger partial charge in [-0.15, -0.1) is 0 Å². The first-order valence-corrected chi connectivity index (χ1v) is 13.6. The fraction of sp³-hybridized carbons (Fsp3) is 0.389. The average Bonchev–Trinajstić information content (AvgIpc) is 2.62. The molecular formula is C18H24Cl2NOSiZr-. The van der Waals surface area contributed by atoms with E-state index < -0.39 is 5.91 Å². The zero-order valence-corrected chi connectivity index (χ0v) is 20.0. The van der Waals surface area contributed by atoms with E-state index in [1.807, 2.05) is 18.2 Å². The van der Waals surface area contributed by atoms with Crippen molar-refractivity contribution < 1.29 is 52.9 Å². The largest absolute Gasteiger partial charge is 1.00 e. The number of halogens is 2. The van der Waals surface area contributed by atoms with Gasteiger partial charge in [-0.05, 0) is 43.1 Å². The Bertz CT molecular complexity index is 679. The van der Waals surface area contributed by atoms with Crippen LogP contribution < -0.4 is 24.8 Å². The molecule has 2 rings (SSSR count). The van der Waals surface area contributed by atoms with E-state index in [4.69, 9.17) is 5.73 Å². The maximum atomic E-state index is 11.4. The summed E-state index contributed by atoms with van der Waals surface area (Å²) in [6.07, 6.45) is 0. The molecule has 1 aliphatic carbocycles. The van der Waals surface area contributed by atoms with Crippen molar-refractivity contribution in [2.75, 3.05) is 0 Å². The smallest absolute Gasteiger partial charge is 1.00 e. The number of hydrogen-bond acceptors (Lipinski definition) is 1. The van der Waals surface area contributed by atoms with Crippen LogP contribution in [0.25, 0.3) is 11.3 Å². The van der Waals surface area contributed by atoms with Crippen molar-refractivity contribution in [3.63, 3.8) is 0 Å². The van der Waals surface area contributed by atoms with Gasteiger partial charge in [0.2, 0.25) is 0 Å². The van der Waals surface area contributed by atoms with Crippen molar-refractivity contribution in [2.45, 2.75) is 40.8 Å². The molecule has 1 unspecified atom stereocenters. The van der Waals surface area contributed by atoms with Crippen molar-refractivity contribution in [3.8, 4) is 0 Å². The van der Waals surface area contributed by atoms with Gasteiger partial charge in [0.25, 0.3) is 0 Å². The number of carbonyl (C=O) groups excluding carboxylic acids is 1. The van der Waals surface area contributed by atoms with Crippen LogP contribution in [0.2, 0.25) is 13.1 Å². The van der Waals surface area contributed by atoms with Gasteiger partial charge in [0.15, 0.2) is 0 Å². The topological polar surface area (TPSA) is 40.9 Å². The van der Waals surface area contributed by atoms with E-state index in [0.717, 1.165) is 5.56 Å². The maximum absolute atomic E-state index is 11.4. The Morgan fingerprint density at radius 3 is 1.92 bits per heavy atom. The number of benzene rings is 1. The van der Waals surface area contributed by atoms with Crippen LogP contribution in [-0.2, 0) is 23.3 Å². The minimum absolute atomic E-state index is 0. The first-order chi connectivity index (χ1) is 10.2. The molecule has 0 bridgehead atoms. The Labute approximate surface area is 173 Å². The number of rotatable bonds is 2. The number of allylic oxidation sites excluding steroid dienone is 4. The molecule has 1 atom stereocenters. The van der Waals surface area contributed by atoms with Crippen LogP contribution in [0.1, 0.15) is 43.6 Å². The van der Waals surface area contributed by atoms with Crippen LogP contribution in [-0.4, -0.2) is 11.3 Å². The van der Waals surface area contributed by atoms with Crippen LogP contribution in [0.15, 0.2) is 41.0 Å². The summed E-state index contributed by atoms with van der Waals surface area (Å²) in [6.45, 7) is 13.1. The molecule has 0 spiro atoms. The summed E-state index contributed by atoms with van der Waals surface area (Å²) in [5.41, 5.74) is 14.1. The number of carbonyl (C=O) groups is 1. The van der Waals surface area contributed by atoms with Gasteiger partial charge in [0.1, 0.15) is 0 Å². The first kappa shape index (κ1) is 26.1. The summed E-state index contributed by atoms with van der Waals surface area (Å²) in [5.74, 6) is -0.286. The SMILES string of the molecule is CC1=C(C)C(C)C(c2ccccc2C([NH-])=O)=C1C.C[Si](C)=[Zr+2].[Cl-].[Cl-]. The van der Waals surface area contributed by atoms with Gasteiger partial charge in [-0.2, -0.15) is 0 Å². The molecule has 2 nitrogen and oxygen atoms in total. The molecule has 6 heteroatoms. The minimum atomic E-state index is -0.611. The van der Waals surface area contributed by atoms with Crippen molar-refractivity contribution >= 4 is 16.9 Å². The Balaban J connectivity index is 0. The van der Waals surface area contributed by atoms with E-state index in [-0.39, 0.29) is 30.2 Å². The molecule has 0 saturated carbocycles. The van der Waals surface area contributed by atoms with E-state index in [1.54, 1.807) is 29.4 Å². The van der Waals surface area contributed by atoms with Crippen molar-refractivity contribution in [1.29, 1.82) is 0 Å².